The fraction of sp³-hybridized carbons (Fsp3) is 0.538. The van der Waals surface area contributed by atoms with Gasteiger partial charge in [-0.2, -0.15) is 0 Å². The lowest BCUT2D eigenvalue weighted by Gasteiger charge is -2.37. The number of fused-ring (bicyclic) bond motifs is 3. The molecule has 0 unspecified atom stereocenters. The molecule has 0 radical (unpaired) electrons. The summed E-state index contributed by atoms with van der Waals surface area (Å²) in [4.78, 5) is 0. The van der Waals surface area contributed by atoms with Crippen molar-refractivity contribution in [3.8, 4) is 0 Å². The average Bonchev–Trinajstić information content (AvgIpc) is 2.95. The molecule has 1 aromatic carbocycles. The van der Waals surface area contributed by atoms with Gasteiger partial charge in [0, 0.05) is 5.41 Å². The molecule has 2 aliphatic rings. The second kappa shape index (κ2) is 2.40. The minimum atomic E-state index is -0.151. The number of hydrogen-bond donors (Lipinski definition) is 1. The van der Waals surface area contributed by atoms with E-state index < -0.39 is 0 Å². The summed E-state index contributed by atoms with van der Waals surface area (Å²) in [6, 6.07) is 8.60. The fourth-order valence-electron chi connectivity index (χ4n) is 3.02. The summed E-state index contributed by atoms with van der Waals surface area (Å²) in [6.45, 7) is 4.32. The number of hydrogen-bond acceptors (Lipinski definition) is 1. The van der Waals surface area contributed by atoms with Crippen LogP contribution in [0.3, 0.4) is 0 Å². The van der Waals surface area contributed by atoms with Gasteiger partial charge in [-0.1, -0.05) is 38.1 Å². The van der Waals surface area contributed by atoms with Crippen LogP contribution in [0.2, 0.25) is 0 Å². The van der Waals surface area contributed by atoms with Gasteiger partial charge >= 0.3 is 0 Å². The first-order valence-electron chi connectivity index (χ1n) is 5.40. The standard InChI is InChI=1S/C13H16O/c1-13(2)11-6-4-3-5-8(11)9-7-10(9)12(13)14/h3-6,9-10,12,14H,7H2,1-2H3/t9-,10-,12-/m1/s1. The molecule has 74 valence electrons. The molecule has 0 amide bonds. The van der Waals surface area contributed by atoms with E-state index in [-0.39, 0.29) is 11.5 Å². The lowest BCUT2D eigenvalue weighted by Crippen LogP contribution is -2.39. The zero-order valence-corrected chi connectivity index (χ0v) is 8.70. The number of aliphatic hydroxyl groups is 1. The fourth-order valence-corrected chi connectivity index (χ4v) is 3.02. The summed E-state index contributed by atoms with van der Waals surface area (Å²) in [5.74, 6) is 1.18. The maximum absolute atomic E-state index is 10.2. The van der Waals surface area contributed by atoms with E-state index >= 15 is 0 Å². The summed E-state index contributed by atoms with van der Waals surface area (Å²) < 4.78 is 0. The van der Waals surface area contributed by atoms with Crippen molar-refractivity contribution in [3.05, 3.63) is 35.4 Å². The van der Waals surface area contributed by atoms with E-state index in [1.54, 1.807) is 0 Å². The Hall–Kier alpha value is -0.820. The van der Waals surface area contributed by atoms with Crippen LogP contribution < -0.4 is 0 Å². The molecule has 1 aromatic rings. The highest BCUT2D eigenvalue weighted by Crippen LogP contribution is 2.59. The van der Waals surface area contributed by atoms with Crippen LogP contribution in [0.4, 0.5) is 0 Å². The van der Waals surface area contributed by atoms with Gasteiger partial charge in [0.2, 0.25) is 0 Å². The highest BCUT2D eigenvalue weighted by atomic mass is 16.3. The van der Waals surface area contributed by atoms with E-state index in [9.17, 15) is 5.11 Å². The molecule has 1 saturated carbocycles. The molecule has 0 aliphatic heterocycles. The Morgan fingerprint density at radius 2 is 2.00 bits per heavy atom. The molecule has 3 rings (SSSR count). The third kappa shape index (κ3) is 0.885. The van der Waals surface area contributed by atoms with E-state index in [0.29, 0.717) is 11.8 Å². The van der Waals surface area contributed by atoms with E-state index in [0.717, 1.165) is 0 Å². The topological polar surface area (TPSA) is 20.2 Å². The monoisotopic (exact) mass is 188 g/mol. The highest BCUT2D eigenvalue weighted by Gasteiger charge is 2.54. The Bertz CT molecular complexity index is 381. The average molecular weight is 188 g/mol. The normalized spacial score (nSPS) is 37.2. The molecule has 1 fully saturated rings. The Morgan fingerprint density at radius 3 is 2.79 bits per heavy atom. The molecule has 0 saturated heterocycles. The molecule has 0 heterocycles. The molecule has 14 heavy (non-hydrogen) atoms. The summed E-state index contributed by atoms with van der Waals surface area (Å²) in [5, 5.41) is 10.2. The Morgan fingerprint density at radius 1 is 1.29 bits per heavy atom. The second-order valence-corrected chi connectivity index (χ2v) is 5.26. The SMILES string of the molecule is CC1(C)c2ccccc2[C@H]2C[C@H]2[C@H]1O. The molecule has 3 atom stereocenters. The number of aliphatic hydroxyl groups excluding tert-OH is 1. The predicted octanol–water partition coefficient (Wildman–Crippen LogP) is 2.44. The molecule has 2 aliphatic carbocycles. The van der Waals surface area contributed by atoms with Crippen molar-refractivity contribution in [2.45, 2.75) is 37.7 Å². The Kier molecular flexibility index (Phi) is 1.46. The maximum atomic E-state index is 10.2. The van der Waals surface area contributed by atoms with Crippen molar-refractivity contribution < 1.29 is 5.11 Å². The van der Waals surface area contributed by atoms with Crippen LogP contribution in [0.15, 0.2) is 24.3 Å². The van der Waals surface area contributed by atoms with Gasteiger partial charge in [-0.3, -0.25) is 0 Å². The highest BCUT2D eigenvalue weighted by molar-refractivity contribution is 5.44. The third-order valence-corrected chi connectivity index (χ3v) is 4.04. The van der Waals surface area contributed by atoms with Gasteiger partial charge < -0.3 is 5.11 Å². The van der Waals surface area contributed by atoms with Crippen LogP contribution in [0, 0.1) is 5.92 Å². The van der Waals surface area contributed by atoms with Gasteiger partial charge in [0.1, 0.15) is 0 Å². The van der Waals surface area contributed by atoms with Gasteiger partial charge in [-0.15, -0.1) is 0 Å². The zero-order valence-electron chi connectivity index (χ0n) is 8.70. The minimum absolute atomic E-state index is 0.0613. The van der Waals surface area contributed by atoms with Crippen molar-refractivity contribution >= 4 is 0 Å². The first-order chi connectivity index (χ1) is 6.62. The smallest absolute Gasteiger partial charge is 0.0665 e. The van der Waals surface area contributed by atoms with Crippen LogP contribution in [0.25, 0.3) is 0 Å². The first-order valence-corrected chi connectivity index (χ1v) is 5.40. The lowest BCUT2D eigenvalue weighted by atomic mass is 9.71. The molecular weight excluding hydrogens is 172 g/mol. The number of rotatable bonds is 0. The van der Waals surface area contributed by atoms with Crippen molar-refractivity contribution in [3.63, 3.8) is 0 Å². The Balaban J connectivity index is 2.21. The molecule has 1 N–H and O–H groups in total. The zero-order chi connectivity index (χ0) is 9.92. The van der Waals surface area contributed by atoms with E-state index in [1.807, 2.05) is 0 Å². The molecule has 1 heteroatoms. The van der Waals surface area contributed by atoms with Crippen LogP contribution in [-0.2, 0) is 5.41 Å². The van der Waals surface area contributed by atoms with E-state index in [4.69, 9.17) is 0 Å². The minimum Gasteiger partial charge on any atom is -0.392 e. The summed E-state index contributed by atoms with van der Waals surface area (Å²) in [5.41, 5.74) is 2.77. The van der Waals surface area contributed by atoms with Gasteiger partial charge in [0.25, 0.3) is 0 Å². The predicted molar refractivity (Wildman–Crippen MR) is 56.3 cm³/mol. The van der Waals surface area contributed by atoms with Crippen LogP contribution in [0.5, 0.6) is 0 Å². The van der Waals surface area contributed by atoms with Crippen LogP contribution >= 0.6 is 0 Å². The quantitative estimate of drug-likeness (QED) is 0.663. The summed E-state index contributed by atoms with van der Waals surface area (Å²) >= 11 is 0. The molecule has 0 spiro atoms. The molecule has 1 nitrogen and oxygen atoms in total. The van der Waals surface area contributed by atoms with Crippen molar-refractivity contribution in [2.24, 2.45) is 5.92 Å². The van der Waals surface area contributed by atoms with Gasteiger partial charge in [-0.25, -0.2) is 0 Å². The van der Waals surface area contributed by atoms with Gasteiger partial charge in [0.05, 0.1) is 6.10 Å². The van der Waals surface area contributed by atoms with Crippen molar-refractivity contribution in [1.29, 1.82) is 0 Å². The third-order valence-electron chi connectivity index (χ3n) is 4.04. The van der Waals surface area contributed by atoms with Gasteiger partial charge in [0.15, 0.2) is 0 Å². The Labute approximate surface area is 84.8 Å². The summed E-state index contributed by atoms with van der Waals surface area (Å²) in [6.07, 6.45) is 1.03. The largest absolute Gasteiger partial charge is 0.392 e. The molecule has 0 aromatic heterocycles. The molecule has 0 bridgehead atoms. The number of benzene rings is 1. The lowest BCUT2D eigenvalue weighted by molar-refractivity contribution is 0.0706. The van der Waals surface area contributed by atoms with Crippen LogP contribution in [-0.4, -0.2) is 11.2 Å². The van der Waals surface area contributed by atoms with Crippen molar-refractivity contribution in [2.75, 3.05) is 0 Å². The second-order valence-electron chi connectivity index (χ2n) is 5.26. The van der Waals surface area contributed by atoms with Crippen molar-refractivity contribution in [1.82, 2.24) is 0 Å². The maximum Gasteiger partial charge on any atom is 0.0665 e. The molecular formula is C13H16O. The summed E-state index contributed by atoms with van der Waals surface area (Å²) in [7, 11) is 0. The van der Waals surface area contributed by atoms with E-state index in [1.165, 1.54) is 17.5 Å². The van der Waals surface area contributed by atoms with Gasteiger partial charge in [-0.05, 0) is 29.4 Å². The first kappa shape index (κ1) is 8.49. The van der Waals surface area contributed by atoms with E-state index in [2.05, 4.69) is 38.1 Å². The van der Waals surface area contributed by atoms with Crippen LogP contribution in [0.1, 0.15) is 37.3 Å².